The van der Waals surface area contributed by atoms with Gasteiger partial charge < -0.3 is 16.5 Å². The van der Waals surface area contributed by atoms with Crippen LogP contribution in [0, 0.1) is 5.92 Å². The Hall–Kier alpha value is -1.81. The molecule has 5 N–H and O–H groups in total. The van der Waals surface area contributed by atoms with Crippen molar-refractivity contribution in [3.63, 3.8) is 0 Å². The molecule has 84 valence electrons. The summed E-state index contributed by atoms with van der Waals surface area (Å²) in [6.07, 6.45) is 1.84. The van der Waals surface area contributed by atoms with Gasteiger partial charge in [0, 0.05) is 23.1 Å². The molecule has 2 atom stereocenters. The van der Waals surface area contributed by atoms with Crippen molar-refractivity contribution < 1.29 is 4.79 Å². The van der Waals surface area contributed by atoms with Gasteiger partial charge in [-0.15, -0.1) is 0 Å². The number of fused-ring (bicyclic) bond motifs is 1. The molecule has 2 rings (SSSR count). The van der Waals surface area contributed by atoms with Crippen LogP contribution in [0.5, 0.6) is 0 Å². The number of carbonyl (C=O) groups is 1. The highest BCUT2D eigenvalue weighted by Crippen LogP contribution is 2.26. The summed E-state index contributed by atoms with van der Waals surface area (Å²) in [7, 11) is 0. The van der Waals surface area contributed by atoms with Gasteiger partial charge in [-0.25, -0.2) is 0 Å². The number of aromatic amines is 1. The number of benzene rings is 1. The lowest BCUT2D eigenvalue weighted by molar-refractivity contribution is -0.121. The van der Waals surface area contributed by atoms with Crippen molar-refractivity contribution in [3.05, 3.63) is 36.0 Å². The second-order valence-corrected chi connectivity index (χ2v) is 4.01. The Balaban J connectivity index is 2.44. The summed E-state index contributed by atoms with van der Waals surface area (Å²) < 4.78 is 0. The Labute approximate surface area is 93.6 Å². The summed E-state index contributed by atoms with van der Waals surface area (Å²) in [6.45, 7) is 1.74. The van der Waals surface area contributed by atoms with Crippen molar-refractivity contribution in [1.29, 1.82) is 0 Å². The largest absolute Gasteiger partial charge is 0.369 e. The third-order valence-corrected chi connectivity index (χ3v) is 2.97. The summed E-state index contributed by atoms with van der Waals surface area (Å²) in [5.74, 6) is -0.753. The van der Waals surface area contributed by atoms with E-state index in [4.69, 9.17) is 11.5 Å². The SMILES string of the molecule is CC(C(N)=O)C(N)c1c[nH]c2ccccc12. The van der Waals surface area contributed by atoms with Crippen LogP contribution in [0.1, 0.15) is 18.5 Å². The first-order valence-electron chi connectivity index (χ1n) is 5.22. The molecule has 0 saturated heterocycles. The molecule has 2 unspecified atom stereocenters. The molecule has 4 nitrogen and oxygen atoms in total. The zero-order valence-electron chi connectivity index (χ0n) is 9.10. The summed E-state index contributed by atoms with van der Waals surface area (Å²) in [6, 6.07) is 7.48. The van der Waals surface area contributed by atoms with E-state index >= 15 is 0 Å². The van der Waals surface area contributed by atoms with E-state index in [9.17, 15) is 4.79 Å². The van der Waals surface area contributed by atoms with E-state index in [2.05, 4.69) is 4.98 Å². The van der Waals surface area contributed by atoms with Gasteiger partial charge in [-0.1, -0.05) is 25.1 Å². The molecule has 2 aromatic rings. The van der Waals surface area contributed by atoms with Crippen LogP contribution in [0.3, 0.4) is 0 Å². The monoisotopic (exact) mass is 217 g/mol. The molecular formula is C12H15N3O. The van der Waals surface area contributed by atoms with E-state index in [1.54, 1.807) is 6.92 Å². The third-order valence-electron chi connectivity index (χ3n) is 2.97. The lowest BCUT2D eigenvalue weighted by Gasteiger charge is -2.16. The number of H-pyrrole nitrogens is 1. The quantitative estimate of drug-likeness (QED) is 0.723. The minimum absolute atomic E-state index is 0.367. The lowest BCUT2D eigenvalue weighted by Crippen LogP contribution is -2.30. The molecule has 16 heavy (non-hydrogen) atoms. The number of carbonyl (C=O) groups excluding carboxylic acids is 1. The highest BCUT2D eigenvalue weighted by Gasteiger charge is 2.22. The van der Waals surface area contributed by atoms with Crippen LogP contribution in [-0.4, -0.2) is 10.9 Å². The number of amides is 1. The third kappa shape index (κ3) is 1.67. The molecule has 0 spiro atoms. The number of rotatable bonds is 3. The molecule has 0 aliphatic heterocycles. The van der Waals surface area contributed by atoms with E-state index in [-0.39, 0.29) is 17.9 Å². The van der Waals surface area contributed by atoms with Crippen LogP contribution in [0.4, 0.5) is 0 Å². The van der Waals surface area contributed by atoms with Crippen molar-refractivity contribution in [1.82, 2.24) is 4.98 Å². The van der Waals surface area contributed by atoms with E-state index in [1.807, 2.05) is 30.5 Å². The highest BCUT2D eigenvalue weighted by atomic mass is 16.1. The molecule has 0 aliphatic carbocycles. The van der Waals surface area contributed by atoms with Gasteiger partial charge in [-0.05, 0) is 11.6 Å². The molecule has 0 aliphatic rings. The maximum absolute atomic E-state index is 11.1. The van der Waals surface area contributed by atoms with Gasteiger partial charge in [-0.3, -0.25) is 4.79 Å². The minimum atomic E-state index is -0.377. The Bertz CT molecular complexity index is 518. The molecule has 1 heterocycles. The maximum Gasteiger partial charge on any atom is 0.222 e. The van der Waals surface area contributed by atoms with Crippen LogP contribution in [0.25, 0.3) is 10.9 Å². The number of aromatic nitrogens is 1. The molecule has 0 fully saturated rings. The number of hydrogen-bond donors (Lipinski definition) is 3. The van der Waals surface area contributed by atoms with E-state index in [0.717, 1.165) is 16.5 Å². The fourth-order valence-corrected chi connectivity index (χ4v) is 1.82. The predicted octanol–water partition coefficient (Wildman–Crippen LogP) is 1.29. The fourth-order valence-electron chi connectivity index (χ4n) is 1.82. The number of nitrogens with two attached hydrogens (primary N) is 2. The van der Waals surface area contributed by atoms with E-state index in [1.165, 1.54) is 0 Å². The average molecular weight is 217 g/mol. The predicted molar refractivity (Wildman–Crippen MR) is 63.6 cm³/mol. The molecule has 0 radical (unpaired) electrons. The van der Waals surface area contributed by atoms with Crippen molar-refractivity contribution in [2.45, 2.75) is 13.0 Å². The molecule has 0 saturated carbocycles. The molecule has 1 aromatic carbocycles. The molecule has 4 heteroatoms. The standard InChI is InChI=1S/C12H15N3O/c1-7(12(14)16)11(13)9-6-15-10-5-3-2-4-8(9)10/h2-7,11,15H,13H2,1H3,(H2,14,16). The fraction of sp³-hybridized carbons (Fsp3) is 0.250. The first kappa shape index (κ1) is 10.7. The number of para-hydroxylation sites is 1. The zero-order valence-corrected chi connectivity index (χ0v) is 9.10. The highest BCUT2D eigenvalue weighted by molar-refractivity contribution is 5.85. The summed E-state index contributed by atoms with van der Waals surface area (Å²) in [5.41, 5.74) is 13.2. The van der Waals surface area contributed by atoms with E-state index in [0.29, 0.717) is 0 Å². The van der Waals surface area contributed by atoms with Crippen molar-refractivity contribution in [2.24, 2.45) is 17.4 Å². The first-order chi connectivity index (χ1) is 7.61. The maximum atomic E-state index is 11.1. The Kier molecular flexibility index (Phi) is 2.66. The molecule has 0 bridgehead atoms. The van der Waals surface area contributed by atoms with Gasteiger partial charge in [0.15, 0.2) is 0 Å². The summed E-state index contributed by atoms with van der Waals surface area (Å²) >= 11 is 0. The minimum Gasteiger partial charge on any atom is -0.369 e. The number of primary amides is 1. The number of nitrogens with one attached hydrogen (secondary N) is 1. The van der Waals surface area contributed by atoms with Crippen molar-refractivity contribution in [2.75, 3.05) is 0 Å². The summed E-state index contributed by atoms with van der Waals surface area (Å²) in [4.78, 5) is 14.2. The van der Waals surface area contributed by atoms with Gasteiger partial charge in [0.25, 0.3) is 0 Å². The van der Waals surface area contributed by atoms with Crippen LogP contribution in [0.15, 0.2) is 30.5 Å². The Morgan fingerprint density at radius 1 is 1.38 bits per heavy atom. The zero-order chi connectivity index (χ0) is 11.7. The average Bonchev–Trinajstić information content (AvgIpc) is 2.70. The Morgan fingerprint density at radius 3 is 2.75 bits per heavy atom. The lowest BCUT2D eigenvalue weighted by atomic mass is 9.94. The van der Waals surface area contributed by atoms with Gasteiger partial charge in [-0.2, -0.15) is 0 Å². The van der Waals surface area contributed by atoms with Crippen LogP contribution in [-0.2, 0) is 4.79 Å². The molecule has 1 amide bonds. The van der Waals surface area contributed by atoms with Crippen molar-refractivity contribution >= 4 is 16.8 Å². The second-order valence-electron chi connectivity index (χ2n) is 4.01. The van der Waals surface area contributed by atoms with Crippen LogP contribution < -0.4 is 11.5 Å². The van der Waals surface area contributed by atoms with Gasteiger partial charge in [0.2, 0.25) is 5.91 Å². The van der Waals surface area contributed by atoms with Crippen molar-refractivity contribution in [3.8, 4) is 0 Å². The van der Waals surface area contributed by atoms with Gasteiger partial charge in [0.1, 0.15) is 0 Å². The Morgan fingerprint density at radius 2 is 2.06 bits per heavy atom. The van der Waals surface area contributed by atoms with Crippen LogP contribution in [0.2, 0.25) is 0 Å². The first-order valence-corrected chi connectivity index (χ1v) is 5.22. The normalized spacial score (nSPS) is 14.9. The topological polar surface area (TPSA) is 84.9 Å². The molecule has 1 aromatic heterocycles. The second kappa shape index (κ2) is 3.98. The summed E-state index contributed by atoms with van der Waals surface area (Å²) in [5, 5.41) is 1.04. The van der Waals surface area contributed by atoms with Gasteiger partial charge >= 0.3 is 0 Å². The number of hydrogen-bond acceptors (Lipinski definition) is 2. The van der Waals surface area contributed by atoms with Crippen LogP contribution >= 0.6 is 0 Å². The van der Waals surface area contributed by atoms with Gasteiger partial charge in [0.05, 0.1) is 5.92 Å². The molecular weight excluding hydrogens is 202 g/mol. The van der Waals surface area contributed by atoms with E-state index < -0.39 is 0 Å². The smallest absolute Gasteiger partial charge is 0.222 e.